The zero-order valence-electron chi connectivity index (χ0n) is 33.9. The molecule has 0 atom stereocenters. The van der Waals surface area contributed by atoms with E-state index in [4.69, 9.17) is 39.4 Å². The highest BCUT2D eigenvalue weighted by atomic mass is 16.5. The summed E-state index contributed by atoms with van der Waals surface area (Å²) in [6.07, 6.45) is 0. The molecule has 0 fully saturated rings. The van der Waals surface area contributed by atoms with E-state index in [0.29, 0.717) is 22.2 Å². The molecule has 9 nitrogen and oxygen atoms in total. The Morgan fingerprint density at radius 2 is 0.897 bits per heavy atom. The third-order valence-electron chi connectivity index (χ3n) is 11.0. The smallest absolute Gasteiger partial charge is 0.146 e. The molecule has 0 unspecified atom stereocenters. The molecule has 0 spiro atoms. The number of methoxy groups -OCH3 is 2. The number of fused-ring (bicyclic) bond motifs is 5. The predicted molar refractivity (Wildman–Crippen MR) is 229 cm³/mol. The van der Waals surface area contributed by atoms with Crippen LogP contribution < -0.4 is 46.5 Å². The van der Waals surface area contributed by atoms with Crippen LogP contribution in [0.1, 0.15) is 41.5 Å². The summed E-state index contributed by atoms with van der Waals surface area (Å²) in [5.74, 6) is 1.33. The van der Waals surface area contributed by atoms with Gasteiger partial charge in [-0.3, -0.25) is 25.0 Å². The van der Waals surface area contributed by atoms with Gasteiger partial charge in [0.05, 0.1) is 47.6 Å². The fraction of sp³-hybridized carbons (Fsp3) is 0.224. The third-order valence-corrected chi connectivity index (χ3v) is 11.0. The van der Waals surface area contributed by atoms with Gasteiger partial charge in [0.1, 0.15) is 49.9 Å². The number of anilines is 3. The average Bonchev–Trinajstić information content (AvgIpc) is 3.84. The van der Waals surface area contributed by atoms with Crippen LogP contribution in [0.3, 0.4) is 0 Å². The van der Waals surface area contributed by atoms with Gasteiger partial charge in [-0.1, -0.05) is 78.9 Å². The van der Waals surface area contributed by atoms with Crippen LogP contribution in [0.2, 0.25) is 0 Å². The Bertz CT molecular complexity index is 3250. The summed E-state index contributed by atoms with van der Waals surface area (Å²) in [6, 6.07) is 40.1. The van der Waals surface area contributed by atoms with Crippen LogP contribution in [0, 0.1) is 0 Å². The van der Waals surface area contributed by atoms with Crippen LogP contribution in [0.15, 0.2) is 145 Å². The largest absolute Gasteiger partial charge is 0.496 e. The monoisotopic (exact) mass is 761 g/mol. The van der Waals surface area contributed by atoms with Crippen molar-refractivity contribution in [3.63, 3.8) is 0 Å². The molecule has 0 bridgehead atoms. The summed E-state index contributed by atoms with van der Waals surface area (Å²) in [5, 5.41) is 9.16. The molecule has 58 heavy (non-hydrogen) atoms. The topological polar surface area (TPSA) is 95.9 Å². The standard InChI is InChI=1S/C49H43N7O2/c1-47(2)50-41-33(40-31-20-14-12-18-29(31)26-30-19-13-15-21-32(30)40)22-23-34(42(41)51-47)56(35-24-25-37(57-7)45-43(35)52-48(3,4)54-45)36-27-38(58-8)39(28-16-10-9-11-17-28)46-44(36)53-49(5,6)55-46/h9-27H,1-8H3. The van der Waals surface area contributed by atoms with E-state index in [-0.39, 0.29) is 0 Å². The number of hydrogen-bond acceptors (Lipinski definition) is 9. The second-order valence-corrected chi connectivity index (χ2v) is 16.5. The van der Waals surface area contributed by atoms with Crippen molar-refractivity contribution in [3.05, 3.63) is 147 Å². The first-order valence-corrected chi connectivity index (χ1v) is 19.6. The van der Waals surface area contributed by atoms with E-state index in [0.717, 1.165) is 71.5 Å². The van der Waals surface area contributed by atoms with Crippen molar-refractivity contribution in [2.24, 2.45) is 30.0 Å². The van der Waals surface area contributed by atoms with Crippen molar-refractivity contribution in [1.82, 2.24) is 0 Å². The maximum atomic E-state index is 6.27. The summed E-state index contributed by atoms with van der Waals surface area (Å²) in [5.41, 5.74) is 4.25. The van der Waals surface area contributed by atoms with Crippen molar-refractivity contribution in [2.45, 2.75) is 58.5 Å². The van der Waals surface area contributed by atoms with E-state index >= 15 is 0 Å². The van der Waals surface area contributed by atoms with E-state index in [9.17, 15) is 0 Å². The molecule has 0 saturated carbocycles. The molecule has 0 aromatic heterocycles. The second-order valence-electron chi connectivity index (χ2n) is 16.5. The van der Waals surface area contributed by atoms with E-state index in [2.05, 4.69) is 110 Å². The average molecular weight is 762 g/mol. The first-order valence-electron chi connectivity index (χ1n) is 19.6. The van der Waals surface area contributed by atoms with Gasteiger partial charge in [-0.2, -0.15) is 0 Å². The molecule has 7 aromatic rings. The molecule has 0 radical (unpaired) electrons. The van der Waals surface area contributed by atoms with Crippen LogP contribution in [-0.4, -0.2) is 31.2 Å². The predicted octanol–water partition coefficient (Wildman–Crippen LogP) is 7.78. The summed E-state index contributed by atoms with van der Waals surface area (Å²) in [6.45, 7) is 12.2. The summed E-state index contributed by atoms with van der Waals surface area (Å²) < 4.78 is 12.1. The van der Waals surface area contributed by atoms with E-state index in [1.54, 1.807) is 14.2 Å². The molecule has 3 aliphatic heterocycles. The van der Waals surface area contributed by atoms with Gasteiger partial charge in [-0.25, -0.2) is 4.99 Å². The van der Waals surface area contributed by atoms with Crippen molar-refractivity contribution >= 4 is 38.6 Å². The van der Waals surface area contributed by atoms with Crippen molar-refractivity contribution in [1.29, 1.82) is 0 Å². The summed E-state index contributed by atoms with van der Waals surface area (Å²) in [4.78, 5) is 33.9. The lowest BCUT2D eigenvalue weighted by Crippen LogP contribution is -2.39. The SMILES string of the molecule is COc1cc(N(c2ccc(OC)c3c2=NC(C)(C)N=3)c2ccc(-c3c4ccccc4cc4ccccc34)c3c2=NC(C)(C)N=3)c2c(c1-c1ccccc1)=NC(C)(C)N=2. The number of hydrogen-bond donors (Lipinski definition) is 0. The highest BCUT2D eigenvalue weighted by molar-refractivity contribution is 6.12. The molecule has 0 saturated heterocycles. The molecule has 0 aliphatic carbocycles. The van der Waals surface area contributed by atoms with Crippen LogP contribution in [0.4, 0.5) is 17.1 Å². The van der Waals surface area contributed by atoms with Gasteiger partial charge in [-0.05, 0) is 105 Å². The Balaban J connectivity index is 1.35. The normalized spacial score (nSPS) is 16.1. The molecular formula is C49H43N7O2. The molecule has 3 aliphatic rings. The Morgan fingerprint density at radius 3 is 1.50 bits per heavy atom. The molecule has 9 heteroatoms. The highest BCUT2D eigenvalue weighted by Gasteiger charge is 2.33. The van der Waals surface area contributed by atoms with E-state index < -0.39 is 17.0 Å². The van der Waals surface area contributed by atoms with Gasteiger partial charge in [0, 0.05) is 11.6 Å². The molecule has 0 amide bonds. The molecule has 7 aromatic carbocycles. The minimum Gasteiger partial charge on any atom is -0.496 e. The van der Waals surface area contributed by atoms with Gasteiger partial charge in [0.25, 0.3) is 0 Å². The van der Waals surface area contributed by atoms with Gasteiger partial charge in [0.15, 0.2) is 0 Å². The maximum absolute atomic E-state index is 6.27. The van der Waals surface area contributed by atoms with Crippen LogP contribution in [0.5, 0.6) is 11.5 Å². The van der Waals surface area contributed by atoms with E-state index in [1.165, 1.54) is 10.8 Å². The lowest BCUT2D eigenvalue weighted by atomic mass is 9.91. The van der Waals surface area contributed by atoms with Crippen molar-refractivity contribution in [2.75, 3.05) is 19.1 Å². The molecule has 10 rings (SSSR count). The highest BCUT2D eigenvalue weighted by Crippen LogP contribution is 2.39. The zero-order chi connectivity index (χ0) is 40.1. The first kappa shape index (κ1) is 35.7. The lowest BCUT2D eigenvalue weighted by molar-refractivity contribution is 0.407. The summed E-state index contributed by atoms with van der Waals surface area (Å²) >= 11 is 0. The minimum atomic E-state index is -0.735. The number of benzene rings is 7. The molecule has 0 N–H and O–H groups in total. The zero-order valence-corrected chi connectivity index (χ0v) is 33.9. The number of rotatable bonds is 7. The Kier molecular flexibility index (Phi) is 7.77. The van der Waals surface area contributed by atoms with Crippen LogP contribution in [0.25, 0.3) is 43.8 Å². The Labute approximate surface area is 335 Å². The fourth-order valence-corrected chi connectivity index (χ4v) is 8.75. The van der Waals surface area contributed by atoms with Crippen LogP contribution in [-0.2, 0) is 0 Å². The third kappa shape index (κ3) is 5.59. The van der Waals surface area contributed by atoms with Crippen molar-refractivity contribution in [3.8, 4) is 33.8 Å². The lowest BCUT2D eigenvalue weighted by Gasteiger charge is -2.27. The first-order chi connectivity index (χ1) is 27.9. The number of nitrogens with zero attached hydrogens (tertiary/aromatic N) is 7. The van der Waals surface area contributed by atoms with E-state index in [1.807, 2.05) is 52.0 Å². The molecular weight excluding hydrogens is 719 g/mol. The Hall–Kier alpha value is -6.74. The molecule has 286 valence electrons. The maximum Gasteiger partial charge on any atom is 0.146 e. The Morgan fingerprint density at radius 1 is 0.414 bits per heavy atom. The quantitative estimate of drug-likeness (QED) is 0.155. The van der Waals surface area contributed by atoms with Crippen molar-refractivity contribution < 1.29 is 9.47 Å². The van der Waals surface area contributed by atoms with Crippen LogP contribution >= 0.6 is 0 Å². The van der Waals surface area contributed by atoms with Gasteiger partial charge in [-0.15, -0.1) is 0 Å². The second kappa shape index (κ2) is 12.6. The summed E-state index contributed by atoms with van der Waals surface area (Å²) in [7, 11) is 3.38. The van der Waals surface area contributed by atoms with Gasteiger partial charge in [0.2, 0.25) is 0 Å². The molecule has 3 heterocycles. The van der Waals surface area contributed by atoms with Gasteiger partial charge < -0.3 is 14.4 Å². The minimum absolute atomic E-state index is 0.653. The fourth-order valence-electron chi connectivity index (χ4n) is 8.75. The number of ether oxygens (including phenoxy) is 2. The van der Waals surface area contributed by atoms with Gasteiger partial charge >= 0.3 is 0 Å².